The van der Waals surface area contributed by atoms with E-state index < -0.39 is 10.0 Å². The number of anilines is 1. The molecular weight excluding hydrogens is 420 g/mol. The van der Waals surface area contributed by atoms with Gasteiger partial charge in [-0.1, -0.05) is 29.8 Å². The van der Waals surface area contributed by atoms with Crippen molar-refractivity contribution in [3.05, 3.63) is 64.7 Å². The van der Waals surface area contributed by atoms with E-state index in [0.29, 0.717) is 22.1 Å². The molecule has 3 aromatic rings. The van der Waals surface area contributed by atoms with Crippen LogP contribution in [0.15, 0.2) is 53.4 Å². The highest BCUT2D eigenvalue weighted by atomic mass is 35.5. The monoisotopic (exact) mass is 444 g/mol. The van der Waals surface area contributed by atoms with Crippen LogP contribution in [-0.4, -0.2) is 40.6 Å². The molecule has 1 atom stereocenters. The van der Waals surface area contributed by atoms with Crippen molar-refractivity contribution in [3.8, 4) is 5.75 Å². The first-order valence-corrected chi connectivity index (χ1v) is 11.7. The number of halogens is 1. The second-order valence-corrected chi connectivity index (χ2v) is 9.95. The Labute approximate surface area is 182 Å². The largest absolute Gasteiger partial charge is 0.496 e. The van der Waals surface area contributed by atoms with Gasteiger partial charge in [0, 0.05) is 22.0 Å². The van der Waals surface area contributed by atoms with Gasteiger partial charge >= 0.3 is 0 Å². The van der Waals surface area contributed by atoms with E-state index in [2.05, 4.69) is 23.7 Å². The van der Waals surface area contributed by atoms with Gasteiger partial charge in [0.1, 0.15) is 5.75 Å². The number of hydrogen-bond donors (Lipinski definition) is 1. The van der Waals surface area contributed by atoms with E-state index in [-0.39, 0.29) is 4.90 Å². The summed E-state index contributed by atoms with van der Waals surface area (Å²) in [6, 6.07) is 14.6. The SMILES string of the molecule is COc1ccc(NS(=O)(=O)c2ccc3cccc(Cl)c3c2)c2c1C[C@@H](N(C)C)CC2. The maximum atomic E-state index is 13.2. The fourth-order valence-corrected chi connectivity index (χ4v) is 5.50. The summed E-state index contributed by atoms with van der Waals surface area (Å²) in [5.41, 5.74) is 2.70. The molecule has 0 saturated carbocycles. The van der Waals surface area contributed by atoms with Gasteiger partial charge < -0.3 is 9.64 Å². The summed E-state index contributed by atoms with van der Waals surface area (Å²) in [5, 5.41) is 2.15. The average Bonchev–Trinajstić information content (AvgIpc) is 2.73. The first kappa shape index (κ1) is 21.0. The van der Waals surface area contributed by atoms with Crippen molar-refractivity contribution in [1.82, 2.24) is 4.90 Å². The minimum absolute atomic E-state index is 0.189. The van der Waals surface area contributed by atoms with Crippen LogP contribution in [0.5, 0.6) is 5.75 Å². The van der Waals surface area contributed by atoms with Crippen molar-refractivity contribution < 1.29 is 13.2 Å². The zero-order valence-electron chi connectivity index (χ0n) is 17.3. The third-order valence-electron chi connectivity index (χ3n) is 5.86. The zero-order chi connectivity index (χ0) is 21.5. The maximum absolute atomic E-state index is 13.2. The number of nitrogens with one attached hydrogen (secondary N) is 1. The molecule has 30 heavy (non-hydrogen) atoms. The van der Waals surface area contributed by atoms with Gasteiger partial charge in [-0.15, -0.1) is 0 Å². The van der Waals surface area contributed by atoms with Crippen molar-refractivity contribution in [1.29, 1.82) is 0 Å². The molecule has 3 aromatic carbocycles. The quantitative estimate of drug-likeness (QED) is 0.618. The number of hydrogen-bond acceptors (Lipinski definition) is 4. The minimum Gasteiger partial charge on any atom is -0.496 e. The van der Waals surface area contributed by atoms with Crippen LogP contribution in [0.3, 0.4) is 0 Å². The van der Waals surface area contributed by atoms with Crippen LogP contribution in [-0.2, 0) is 22.9 Å². The molecule has 0 spiro atoms. The molecule has 0 aromatic heterocycles. The van der Waals surface area contributed by atoms with Gasteiger partial charge in [0.15, 0.2) is 0 Å². The molecule has 1 N–H and O–H groups in total. The molecule has 0 unspecified atom stereocenters. The van der Waals surface area contributed by atoms with E-state index in [0.717, 1.165) is 41.5 Å². The van der Waals surface area contributed by atoms with Gasteiger partial charge in [-0.3, -0.25) is 4.72 Å². The summed E-state index contributed by atoms with van der Waals surface area (Å²) in [6.45, 7) is 0. The first-order valence-electron chi connectivity index (χ1n) is 9.86. The highest BCUT2D eigenvalue weighted by molar-refractivity contribution is 7.92. The number of benzene rings is 3. The van der Waals surface area contributed by atoms with E-state index in [1.807, 2.05) is 18.2 Å². The Bertz CT molecular complexity index is 1210. The van der Waals surface area contributed by atoms with Crippen LogP contribution >= 0.6 is 11.6 Å². The van der Waals surface area contributed by atoms with Crippen LogP contribution in [0.4, 0.5) is 5.69 Å². The molecule has 7 heteroatoms. The first-order chi connectivity index (χ1) is 14.3. The van der Waals surface area contributed by atoms with Gasteiger partial charge in [-0.05, 0) is 74.6 Å². The number of fused-ring (bicyclic) bond motifs is 2. The highest BCUT2D eigenvalue weighted by Crippen LogP contribution is 2.37. The number of sulfonamides is 1. The summed E-state index contributed by atoms with van der Waals surface area (Å²) in [6.07, 6.45) is 2.58. The van der Waals surface area contributed by atoms with Crippen molar-refractivity contribution in [3.63, 3.8) is 0 Å². The molecule has 4 rings (SSSR count). The fraction of sp³-hybridized carbons (Fsp3) is 0.304. The number of methoxy groups -OCH3 is 1. The molecule has 0 amide bonds. The molecule has 0 saturated heterocycles. The Kier molecular flexibility index (Phi) is 5.66. The molecule has 1 aliphatic carbocycles. The third kappa shape index (κ3) is 3.87. The van der Waals surface area contributed by atoms with Gasteiger partial charge in [-0.2, -0.15) is 0 Å². The fourth-order valence-electron chi connectivity index (χ4n) is 4.14. The Morgan fingerprint density at radius 1 is 1.10 bits per heavy atom. The molecule has 0 bridgehead atoms. The highest BCUT2D eigenvalue weighted by Gasteiger charge is 2.27. The smallest absolute Gasteiger partial charge is 0.261 e. The Morgan fingerprint density at radius 2 is 1.90 bits per heavy atom. The molecule has 0 aliphatic heterocycles. The molecule has 5 nitrogen and oxygen atoms in total. The number of ether oxygens (including phenoxy) is 1. The Hall–Kier alpha value is -2.28. The van der Waals surface area contributed by atoms with E-state index in [4.69, 9.17) is 16.3 Å². The number of likely N-dealkylation sites (N-methyl/N-ethyl adjacent to an activating group) is 1. The average molecular weight is 445 g/mol. The Morgan fingerprint density at radius 3 is 2.63 bits per heavy atom. The molecular formula is C23H25ClN2O3S. The normalized spacial score (nSPS) is 16.5. The van der Waals surface area contributed by atoms with E-state index >= 15 is 0 Å². The minimum atomic E-state index is -3.76. The standard InChI is InChI=1S/C23H25ClN2O3S/c1-26(2)16-8-10-18-20(13-16)23(29-3)12-11-22(18)25-30(27,28)17-9-7-15-5-4-6-21(24)19(15)14-17/h4-7,9,11-12,14,16,25H,8,10,13H2,1-3H3/t16-/m0/s1. The van der Waals surface area contributed by atoms with Crippen LogP contribution in [0.25, 0.3) is 10.8 Å². The topological polar surface area (TPSA) is 58.6 Å². The lowest BCUT2D eigenvalue weighted by molar-refractivity contribution is 0.265. The van der Waals surface area contributed by atoms with Crippen LogP contribution < -0.4 is 9.46 Å². The molecule has 0 heterocycles. The van der Waals surface area contributed by atoms with Gasteiger partial charge in [0.05, 0.1) is 17.7 Å². The summed E-state index contributed by atoms with van der Waals surface area (Å²) < 4.78 is 34.7. The zero-order valence-corrected chi connectivity index (χ0v) is 18.8. The maximum Gasteiger partial charge on any atom is 0.261 e. The molecule has 158 valence electrons. The lowest BCUT2D eigenvalue weighted by Crippen LogP contribution is -2.34. The summed E-state index contributed by atoms with van der Waals surface area (Å²) in [7, 11) is 2.02. The van der Waals surface area contributed by atoms with E-state index in [1.54, 1.807) is 37.4 Å². The number of nitrogens with zero attached hydrogens (tertiary/aromatic N) is 1. The molecule has 1 aliphatic rings. The molecule has 0 fully saturated rings. The summed E-state index contributed by atoms with van der Waals surface area (Å²) >= 11 is 6.27. The second kappa shape index (κ2) is 8.10. The van der Waals surface area contributed by atoms with E-state index in [9.17, 15) is 8.42 Å². The van der Waals surface area contributed by atoms with Crippen LogP contribution in [0.2, 0.25) is 5.02 Å². The van der Waals surface area contributed by atoms with Gasteiger partial charge in [-0.25, -0.2) is 8.42 Å². The van der Waals surface area contributed by atoms with Crippen LogP contribution in [0.1, 0.15) is 17.5 Å². The van der Waals surface area contributed by atoms with Gasteiger partial charge in [0.2, 0.25) is 0 Å². The van der Waals surface area contributed by atoms with Crippen molar-refractivity contribution in [2.75, 3.05) is 25.9 Å². The number of rotatable bonds is 5. The lowest BCUT2D eigenvalue weighted by atomic mass is 9.86. The molecule has 0 radical (unpaired) electrons. The summed E-state index contributed by atoms with van der Waals surface area (Å²) in [4.78, 5) is 2.40. The van der Waals surface area contributed by atoms with Crippen molar-refractivity contribution in [2.24, 2.45) is 0 Å². The predicted octanol–water partition coefficient (Wildman–Crippen LogP) is 4.72. The predicted molar refractivity (Wildman–Crippen MR) is 122 cm³/mol. The Balaban J connectivity index is 1.72. The van der Waals surface area contributed by atoms with Crippen molar-refractivity contribution in [2.45, 2.75) is 30.2 Å². The van der Waals surface area contributed by atoms with Crippen molar-refractivity contribution >= 4 is 38.1 Å². The summed E-state index contributed by atoms with van der Waals surface area (Å²) in [5.74, 6) is 0.803. The van der Waals surface area contributed by atoms with E-state index in [1.165, 1.54) is 0 Å². The lowest BCUT2D eigenvalue weighted by Gasteiger charge is -2.32. The van der Waals surface area contributed by atoms with Crippen LogP contribution in [0, 0.1) is 0 Å². The second-order valence-electron chi connectivity index (χ2n) is 7.86. The van der Waals surface area contributed by atoms with Gasteiger partial charge in [0.25, 0.3) is 10.0 Å². The third-order valence-corrected chi connectivity index (χ3v) is 7.55.